The maximum Gasteiger partial charge on any atom is 0.227 e. The molecule has 5 heteroatoms. The SMILES string of the molecule is NC1C2CCC(C2)C1C(=O)N1CCC(NC(=O)C2CC2)CC1. The summed E-state index contributed by atoms with van der Waals surface area (Å²) in [5.74, 6) is 1.95. The van der Waals surface area contributed by atoms with Gasteiger partial charge in [-0.25, -0.2) is 0 Å². The molecule has 1 saturated heterocycles. The van der Waals surface area contributed by atoms with E-state index in [4.69, 9.17) is 5.73 Å². The third kappa shape index (κ3) is 2.53. The zero-order chi connectivity index (χ0) is 15.3. The van der Waals surface area contributed by atoms with Crippen molar-refractivity contribution >= 4 is 11.8 Å². The lowest BCUT2D eigenvalue weighted by atomic mass is 9.83. The Morgan fingerprint density at radius 2 is 1.64 bits per heavy atom. The molecule has 4 rings (SSSR count). The van der Waals surface area contributed by atoms with Crippen LogP contribution in [-0.4, -0.2) is 41.9 Å². The number of nitrogens with zero attached hydrogens (tertiary/aromatic N) is 1. The van der Waals surface area contributed by atoms with Gasteiger partial charge in [-0.15, -0.1) is 0 Å². The van der Waals surface area contributed by atoms with Gasteiger partial charge in [-0.1, -0.05) is 0 Å². The van der Waals surface area contributed by atoms with Crippen molar-refractivity contribution in [2.45, 2.75) is 57.0 Å². The fraction of sp³-hybridized carbons (Fsp3) is 0.882. The Morgan fingerprint density at radius 1 is 0.955 bits per heavy atom. The number of amides is 2. The minimum atomic E-state index is 0.0661. The number of carbonyl (C=O) groups excluding carboxylic acids is 2. The molecular weight excluding hydrogens is 278 g/mol. The van der Waals surface area contributed by atoms with Crippen LogP contribution in [0.3, 0.4) is 0 Å². The summed E-state index contributed by atoms with van der Waals surface area (Å²) in [6.07, 6.45) is 7.43. The number of hydrogen-bond donors (Lipinski definition) is 2. The van der Waals surface area contributed by atoms with Gasteiger partial charge in [0.15, 0.2) is 0 Å². The van der Waals surface area contributed by atoms with E-state index >= 15 is 0 Å². The molecule has 0 aromatic heterocycles. The predicted molar refractivity (Wildman–Crippen MR) is 82.8 cm³/mol. The molecule has 3 N–H and O–H groups in total. The third-order valence-corrected chi connectivity index (χ3v) is 6.37. The highest BCUT2D eigenvalue weighted by atomic mass is 16.2. The zero-order valence-corrected chi connectivity index (χ0v) is 13.2. The Morgan fingerprint density at radius 3 is 2.23 bits per heavy atom. The van der Waals surface area contributed by atoms with Gasteiger partial charge in [0.25, 0.3) is 0 Å². The van der Waals surface area contributed by atoms with Crippen LogP contribution in [0.2, 0.25) is 0 Å². The number of hydrogen-bond acceptors (Lipinski definition) is 3. The number of nitrogens with one attached hydrogen (secondary N) is 1. The molecule has 22 heavy (non-hydrogen) atoms. The average molecular weight is 305 g/mol. The van der Waals surface area contributed by atoms with Crippen LogP contribution < -0.4 is 11.1 Å². The van der Waals surface area contributed by atoms with Crippen LogP contribution in [0.1, 0.15) is 44.9 Å². The Balaban J connectivity index is 1.29. The highest BCUT2D eigenvalue weighted by Gasteiger charge is 2.50. The van der Waals surface area contributed by atoms with Crippen LogP contribution in [0.25, 0.3) is 0 Å². The van der Waals surface area contributed by atoms with Crippen molar-refractivity contribution in [2.24, 2.45) is 29.4 Å². The first-order valence-corrected chi connectivity index (χ1v) is 8.98. The molecule has 1 aliphatic heterocycles. The summed E-state index contributed by atoms with van der Waals surface area (Å²) in [7, 11) is 0. The maximum atomic E-state index is 12.8. The van der Waals surface area contributed by atoms with E-state index in [9.17, 15) is 9.59 Å². The molecule has 2 amide bonds. The fourth-order valence-electron chi connectivity index (χ4n) is 4.82. The lowest BCUT2D eigenvalue weighted by molar-refractivity contribution is -0.139. The van der Waals surface area contributed by atoms with Crippen molar-refractivity contribution < 1.29 is 9.59 Å². The summed E-state index contributed by atoms with van der Waals surface area (Å²) < 4.78 is 0. The predicted octanol–water partition coefficient (Wildman–Crippen LogP) is 0.877. The Bertz CT molecular complexity index is 467. The van der Waals surface area contributed by atoms with E-state index in [2.05, 4.69) is 5.32 Å². The van der Waals surface area contributed by atoms with Crippen molar-refractivity contribution in [3.05, 3.63) is 0 Å². The zero-order valence-electron chi connectivity index (χ0n) is 13.2. The van der Waals surface area contributed by atoms with E-state index in [-0.39, 0.29) is 35.7 Å². The largest absolute Gasteiger partial charge is 0.353 e. The molecule has 2 bridgehead atoms. The molecule has 4 unspecified atom stereocenters. The number of fused-ring (bicyclic) bond motifs is 2. The van der Waals surface area contributed by atoms with Gasteiger partial charge in [-0.3, -0.25) is 9.59 Å². The highest BCUT2D eigenvalue weighted by Crippen LogP contribution is 2.48. The summed E-state index contributed by atoms with van der Waals surface area (Å²) in [6, 6.07) is 0.337. The van der Waals surface area contributed by atoms with Crippen LogP contribution in [0.15, 0.2) is 0 Å². The van der Waals surface area contributed by atoms with Gasteiger partial charge >= 0.3 is 0 Å². The van der Waals surface area contributed by atoms with Gasteiger partial charge in [0.2, 0.25) is 11.8 Å². The van der Waals surface area contributed by atoms with Crippen molar-refractivity contribution in [3.8, 4) is 0 Å². The number of rotatable bonds is 3. The molecule has 4 atom stereocenters. The van der Waals surface area contributed by atoms with E-state index < -0.39 is 0 Å². The topological polar surface area (TPSA) is 75.4 Å². The van der Waals surface area contributed by atoms with E-state index in [0.29, 0.717) is 11.8 Å². The summed E-state index contributed by atoms with van der Waals surface area (Å²) in [6.45, 7) is 1.55. The van der Waals surface area contributed by atoms with Crippen LogP contribution in [0.4, 0.5) is 0 Å². The minimum Gasteiger partial charge on any atom is -0.353 e. The smallest absolute Gasteiger partial charge is 0.227 e. The second-order valence-electron chi connectivity index (χ2n) is 7.82. The van der Waals surface area contributed by atoms with Crippen molar-refractivity contribution in [3.63, 3.8) is 0 Å². The highest BCUT2D eigenvalue weighted by molar-refractivity contribution is 5.82. The molecule has 122 valence electrons. The van der Waals surface area contributed by atoms with E-state index in [1.165, 1.54) is 12.8 Å². The van der Waals surface area contributed by atoms with Gasteiger partial charge in [-0.05, 0) is 56.8 Å². The quantitative estimate of drug-likeness (QED) is 0.812. The molecule has 0 radical (unpaired) electrons. The van der Waals surface area contributed by atoms with Crippen LogP contribution in [0.5, 0.6) is 0 Å². The summed E-state index contributed by atoms with van der Waals surface area (Å²) in [4.78, 5) is 26.6. The van der Waals surface area contributed by atoms with Crippen LogP contribution >= 0.6 is 0 Å². The van der Waals surface area contributed by atoms with E-state index in [0.717, 1.165) is 45.2 Å². The number of piperidine rings is 1. The molecule has 0 aromatic rings. The standard InChI is InChI=1S/C17H27N3O2/c18-15-12-4-3-11(9-12)14(15)17(22)20-7-5-13(6-8-20)19-16(21)10-1-2-10/h10-15H,1-9,18H2,(H,19,21). The lowest BCUT2D eigenvalue weighted by Crippen LogP contribution is -2.52. The molecule has 0 aromatic carbocycles. The van der Waals surface area contributed by atoms with Gasteiger partial charge in [0, 0.05) is 31.1 Å². The van der Waals surface area contributed by atoms with E-state index in [1.54, 1.807) is 0 Å². The van der Waals surface area contributed by atoms with Crippen molar-refractivity contribution in [1.82, 2.24) is 10.2 Å². The third-order valence-electron chi connectivity index (χ3n) is 6.37. The van der Waals surface area contributed by atoms with E-state index in [1.807, 2.05) is 4.90 Å². The first-order chi connectivity index (χ1) is 10.6. The molecular formula is C17H27N3O2. The number of nitrogens with two attached hydrogens (primary N) is 1. The molecule has 1 heterocycles. The molecule has 3 aliphatic carbocycles. The second kappa shape index (κ2) is 5.52. The Hall–Kier alpha value is -1.10. The molecule has 5 nitrogen and oxygen atoms in total. The average Bonchev–Trinajstić information content (AvgIpc) is 3.20. The van der Waals surface area contributed by atoms with Gasteiger partial charge in [0.05, 0.1) is 5.92 Å². The summed E-state index contributed by atoms with van der Waals surface area (Å²) in [5, 5.41) is 3.14. The van der Waals surface area contributed by atoms with Gasteiger partial charge < -0.3 is 16.0 Å². The minimum absolute atomic E-state index is 0.0661. The Kier molecular flexibility index (Phi) is 3.63. The summed E-state index contributed by atoms with van der Waals surface area (Å²) in [5.41, 5.74) is 6.30. The normalized spacial score (nSPS) is 38.3. The lowest BCUT2D eigenvalue weighted by Gasteiger charge is -2.37. The van der Waals surface area contributed by atoms with Gasteiger partial charge in [0.1, 0.15) is 0 Å². The van der Waals surface area contributed by atoms with Crippen molar-refractivity contribution in [2.75, 3.05) is 13.1 Å². The fourth-order valence-corrected chi connectivity index (χ4v) is 4.82. The van der Waals surface area contributed by atoms with Gasteiger partial charge in [-0.2, -0.15) is 0 Å². The molecule has 0 spiro atoms. The number of carbonyl (C=O) groups is 2. The molecule has 3 saturated carbocycles. The number of likely N-dealkylation sites (tertiary alicyclic amines) is 1. The first kappa shape index (κ1) is 14.5. The maximum absolute atomic E-state index is 12.8. The van der Waals surface area contributed by atoms with Crippen LogP contribution in [-0.2, 0) is 9.59 Å². The second-order valence-corrected chi connectivity index (χ2v) is 7.82. The van der Waals surface area contributed by atoms with Crippen molar-refractivity contribution in [1.29, 1.82) is 0 Å². The first-order valence-electron chi connectivity index (χ1n) is 8.98. The summed E-state index contributed by atoms with van der Waals surface area (Å²) >= 11 is 0. The van der Waals surface area contributed by atoms with Crippen LogP contribution in [0, 0.1) is 23.7 Å². The Labute approximate surface area is 132 Å². The molecule has 4 aliphatic rings. The molecule has 4 fully saturated rings. The monoisotopic (exact) mass is 305 g/mol.